The van der Waals surface area contributed by atoms with Gasteiger partial charge in [0.15, 0.2) is 5.69 Å². The summed E-state index contributed by atoms with van der Waals surface area (Å²) in [6.07, 6.45) is 1.39. The Labute approximate surface area is 97.5 Å². The molecular formula is C11H9N5O. The van der Waals surface area contributed by atoms with E-state index in [-0.39, 0.29) is 11.6 Å². The zero-order valence-corrected chi connectivity index (χ0v) is 9.08. The summed E-state index contributed by atoms with van der Waals surface area (Å²) >= 11 is 0. The Morgan fingerprint density at radius 1 is 1.41 bits per heavy atom. The van der Waals surface area contributed by atoms with Crippen molar-refractivity contribution in [2.24, 2.45) is 7.05 Å². The lowest BCUT2D eigenvalue weighted by atomic mass is 10.2. The van der Waals surface area contributed by atoms with Crippen LogP contribution in [0.4, 0.5) is 5.69 Å². The van der Waals surface area contributed by atoms with Crippen molar-refractivity contribution >= 4 is 11.6 Å². The maximum absolute atomic E-state index is 11.7. The van der Waals surface area contributed by atoms with Crippen molar-refractivity contribution in [1.82, 2.24) is 15.0 Å². The van der Waals surface area contributed by atoms with E-state index < -0.39 is 0 Å². The van der Waals surface area contributed by atoms with Crippen LogP contribution < -0.4 is 5.32 Å². The zero-order chi connectivity index (χ0) is 12.3. The highest BCUT2D eigenvalue weighted by Gasteiger charge is 2.09. The third-order valence-electron chi connectivity index (χ3n) is 2.10. The Morgan fingerprint density at radius 2 is 2.12 bits per heavy atom. The Hall–Kier alpha value is -2.68. The average molecular weight is 227 g/mol. The molecule has 0 radical (unpaired) electrons. The number of carbonyl (C=O) groups excluding carboxylic acids is 1. The minimum atomic E-state index is -0.331. The van der Waals surface area contributed by atoms with Crippen LogP contribution in [0.3, 0.4) is 0 Å². The van der Waals surface area contributed by atoms with Crippen LogP contribution in [-0.4, -0.2) is 20.9 Å². The highest BCUT2D eigenvalue weighted by molar-refractivity contribution is 6.02. The van der Waals surface area contributed by atoms with Crippen molar-refractivity contribution in [3.63, 3.8) is 0 Å². The first-order valence-electron chi connectivity index (χ1n) is 4.87. The molecule has 2 aromatic rings. The Kier molecular flexibility index (Phi) is 2.83. The molecule has 6 heteroatoms. The van der Waals surface area contributed by atoms with Gasteiger partial charge in [-0.25, -0.2) is 0 Å². The molecule has 1 amide bonds. The second-order valence-corrected chi connectivity index (χ2v) is 3.36. The first kappa shape index (κ1) is 10.8. The topological polar surface area (TPSA) is 83.6 Å². The lowest BCUT2D eigenvalue weighted by Crippen LogP contribution is -2.12. The van der Waals surface area contributed by atoms with Crippen LogP contribution in [-0.2, 0) is 7.05 Å². The predicted molar refractivity (Wildman–Crippen MR) is 60.1 cm³/mol. The summed E-state index contributed by atoms with van der Waals surface area (Å²) in [7, 11) is 1.64. The molecule has 0 saturated carbocycles. The molecule has 17 heavy (non-hydrogen) atoms. The van der Waals surface area contributed by atoms with E-state index in [1.807, 2.05) is 6.07 Å². The van der Waals surface area contributed by atoms with E-state index in [4.69, 9.17) is 5.26 Å². The number of rotatable bonds is 2. The fraction of sp³-hybridized carbons (Fsp3) is 0.0909. The summed E-state index contributed by atoms with van der Waals surface area (Å²) in [4.78, 5) is 13.0. The van der Waals surface area contributed by atoms with Crippen LogP contribution in [0.1, 0.15) is 16.1 Å². The number of hydrogen-bond acceptors (Lipinski definition) is 4. The monoisotopic (exact) mass is 227 g/mol. The van der Waals surface area contributed by atoms with Crippen LogP contribution in [0, 0.1) is 11.3 Å². The number of aromatic nitrogens is 3. The number of benzene rings is 1. The SMILES string of the molecule is Cn1ncc(C(=O)Nc2ccc(C#N)cc2)n1. The van der Waals surface area contributed by atoms with Crippen LogP contribution in [0.5, 0.6) is 0 Å². The number of nitriles is 1. The van der Waals surface area contributed by atoms with Gasteiger partial charge < -0.3 is 5.32 Å². The third-order valence-corrected chi connectivity index (χ3v) is 2.10. The van der Waals surface area contributed by atoms with Crippen molar-refractivity contribution in [3.05, 3.63) is 41.7 Å². The molecule has 84 valence electrons. The maximum Gasteiger partial charge on any atom is 0.277 e. The number of amides is 1. The molecule has 0 bridgehead atoms. The molecule has 2 rings (SSSR count). The summed E-state index contributed by atoms with van der Waals surface area (Å²) in [5.74, 6) is -0.331. The molecule has 0 aliphatic heterocycles. The summed E-state index contributed by atoms with van der Waals surface area (Å²) in [5.41, 5.74) is 1.40. The van der Waals surface area contributed by atoms with Gasteiger partial charge in [0.1, 0.15) is 0 Å². The van der Waals surface area contributed by atoms with Crippen molar-refractivity contribution in [2.45, 2.75) is 0 Å². The van der Waals surface area contributed by atoms with Crippen LogP contribution in [0.15, 0.2) is 30.5 Å². The molecule has 1 aromatic heterocycles. The molecule has 0 saturated heterocycles. The van der Waals surface area contributed by atoms with Gasteiger partial charge in [-0.3, -0.25) is 4.79 Å². The third kappa shape index (κ3) is 2.46. The standard InChI is InChI=1S/C11H9N5O/c1-16-13-7-10(15-16)11(17)14-9-4-2-8(6-12)3-5-9/h2-5,7H,1H3,(H,14,17). The van der Waals surface area contributed by atoms with Gasteiger partial charge in [-0.1, -0.05) is 0 Å². The Bertz CT molecular complexity index is 579. The number of anilines is 1. The molecule has 0 aliphatic carbocycles. The highest BCUT2D eigenvalue weighted by atomic mass is 16.2. The number of carbonyl (C=O) groups is 1. The normalized spacial score (nSPS) is 9.65. The molecule has 0 spiro atoms. The lowest BCUT2D eigenvalue weighted by Gasteiger charge is -2.01. The van der Waals surface area contributed by atoms with Gasteiger partial charge in [0.2, 0.25) is 0 Å². The smallest absolute Gasteiger partial charge is 0.277 e. The minimum Gasteiger partial charge on any atom is -0.321 e. The van der Waals surface area contributed by atoms with Crippen molar-refractivity contribution in [2.75, 3.05) is 5.32 Å². The minimum absolute atomic E-state index is 0.247. The van der Waals surface area contributed by atoms with E-state index in [2.05, 4.69) is 15.5 Å². The van der Waals surface area contributed by atoms with Gasteiger partial charge in [-0.05, 0) is 24.3 Å². The lowest BCUT2D eigenvalue weighted by molar-refractivity contribution is 0.102. The second-order valence-electron chi connectivity index (χ2n) is 3.36. The molecule has 1 aromatic carbocycles. The maximum atomic E-state index is 11.7. The van der Waals surface area contributed by atoms with Crippen molar-refractivity contribution in [1.29, 1.82) is 5.26 Å². The summed E-state index contributed by atoms with van der Waals surface area (Å²) < 4.78 is 0. The quantitative estimate of drug-likeness (QED) is 0.827. The van der Waals surface area contributed by atoms with E-state index in [0.29, 0.717) is 11.3 Å². The number of nitrogens with one attached hydrogen (secondary N) is 1. The first-order chi connectivity index (χ1) is 8.19. The van der Waals surface area contributed by atoms with Gasteiger partial charge in [-0.2, -0.15) is 15.2 Å². The molecule has 0 atom stereocenters. The number of aryl methyl sites for hydroxylation is 1. The molecule has 0 aliphatic rings. The predicted octanol–water partition coefficient (Wildman–Crippen LogP) is 0.939. The molecule has 1 heterocycles. The summed E-state index contributed by atoms with van der Waals surface area (Å²) in [6.45, 7) is 0. The van der Waals surface area contributed by atoms with Gasteiger partial charge in [0, 0.05) is 12.7 Å². The van der Waals surface area contributed by atoms with Crippen molar-refractivity contribution in [3.8, 4) is 6.07 Å². The molecular weight excluding hydrogens is 218 g/mol. The zero-order valence-electron chi connectivity index (χ0n) is 9.08. The van der Waals surface area contributed by atoms with E-state index in [1.165, 1.54) is 11.0 Å². The van der Waals surface area contributed by atoms with E-state index >= 15 is 0 Å². The molecule has 6 nitrogen and oxygen atoms in total. The van der Waals surface area contributed by atoms with Gasteiger partial charge in [0.25, 0.3) is 5.91 Å². The molecule has 1 N–H and O–H groups in total. The largest absolute Gasteiger partial charge is 0.321 e. The van der Waals surface area contributed by atoms with Crippen molar-refractivity contribution < 1.29 is 4.79 Å². The van der Waals surface area contributed by atoms with Crippen LogP contribution >= 0.6 is 0 Å². The number of hydrogen-bond donors (Lipinski definition) is 1. The van der Waals surface area contributed by atoms with Crippen LogP contribution in [0.25, 0.3) is 0 Å². The fourth-order valence-corrected chi connectivity index (χ4v) is 1.27. The Morgan fingerprint density at radius 3 is 2.65 bits per heavy atom. The van der Waals surface area contributed by atoms with Gasteiger partial charge in [0.05, 0.1) is 17.8 Å². The van der Waals surface area contributed by atoms with E-state index in [0.717, 1.165) is 0 Å². The first-order valence-corrected chi connectivity index (χ1v) is 4.87. The van der Waals surface area contributed by atoms with Gasteiger partial charge >= 0.3 is 0 Å². The van der Waals surface area contributed by atoms with Crippen LogP contribution in [0.2, 0.25) is 0 Å². The average Bonchev–Trinajstić information content (AvgIpc) is 2.77. The Balaban J connectivity index is 2.11. The second kappa shape index (κ2) is 4.45. The van der Waals surface area contributed by atoms with E-state index in [9.17, 15) is 4.79 Å². The van der Waals surface area contributed by atoms with Gasteiger partial charge in [-0.15, -0.1) is 5.10 Å². The van der Waals surface area contributed by atoms with E-state index in [1.54, 1.807) is 31.3 Å². The summed E-state index contributed by atoms with van der Waals surface area (Å²) in [6, 6.07) is 8.59. The highest BCUT2D eigenvalue weighted by Crippen LogP contribution is 2.09. The summed E-state index contributed by atoms with van der Waals surface area (Å²) in [5, 5.41) is 19.0. The number of nitrogens with zero attached hydrogens (tertiary/aromatic N) is 4. The fourth-order valence-electron chi connectivity index (χ4n) is 1.27. The molecule has 0 fully saturated rings. The molecule has 0 unspecified atom stereocenters.